The SMILES string of the molecule is Cc1ccc(-n2c(C)cc(/C=C3\C(=N)N4N=C(c5ccccc5C)SC4=NC3=O)c2C)cc1C. The molecule has 3 heterocycles. The number of aromatic nitrogens is 1. The first-order chi connectivity index (χ1) is 16.2. The number of rotatable bonds is 3. The Morgan fingerprint density at radius 3 is 2.44 bits per heavy atom. The lowest BCUT2D eigenvalue weighted by Gasteiger charge is -2.20. The van der Waals surface area contributed by atoms with Gasteiger partial charge in [0, 0.05) is 22.6 Å². The van der Waals surface area contributed by atoms with Crippen molar-refractivity contribution in [2.75, 3.05) is 0 Å². The smallest absolute Gasteiger partial charge is 0.283 e. The van der Waals surface area contributed by atoms with Gasteiger partial charge in [-0.2, -0.15) is 15.1 Å². The number of benzene rings is 2. The van der Waals surface area contributed by atoms with Crippen LogP contribution in [0.15, 0.2) is 64.2 Å². The third kappa shape index (κ3) is 3.62. The number of hydrogen-bond donors (Lipinski definition) is 1. The van der Waals surface area contributed by atoms with Crippen LogP contribution in [0.5, 0.6) is 0 Å². The third-order valence-electron chi connectivity index (χ3n) is 6.35. The maximum Gasteiger partial charge on any atom is 0.283 e. The summed E-state index contributed by atoms with van der Waals surface area (Å²) in [6.07, 6.45) is 1.76. The molecule has 6 nitrogen and oxygen atoms in total. The zero-order valence-corrected chi connectivity index (χ0v) is 20.6. The second kappa shape index (κ2) is 8.25. The molecule has 2 aromatic carbocycles. The van der Waals surface area contributed by atoms with Gasteiger partial charge in [-0.15, -0.1) is 0 Å². The first-order valence-corrected chi connectivity index (χ1v) is 11.9. The summed E-state index contributed by atoms with van der Waals surface area (Å²) in [5.41, 5.74) is 8.80. The minimum atomic E-state index is -0.416. The molecule has 1 aromatic heterocycles. The molecule has 3 aromatic rings. The van der Waals surface area contributed by atoms with Crippen molar-refractivity contribution in [3.8, 4) is 5.69 Å². The lowest BCUT2D eigenvalue weighted by atomic mass is 10.1. The second-order valence-electron chi connectivity index (χ2n) is 8.67. The van der Waals surface area contributed by atoms with Gasteiger partial charge in [0.2, 0.25) is 5.17 Å². The maximum atomic E-state index is 12.9. The van der Waals surface area contributed by atoms with Crippen LogP contribution in [0.2, 0.25) is 0 Å². The molecule has 1 N–H and O–H groups in total. The maximum absolute atomic E-state index is 12.9. The molecule has 5 rings (SSSR count). The molecule has 0 bridgehead atoms. The predicted octanol–water partition coefficient (Wildman–Crippen LogP) is 5.69. The molecule has 0 fully saturated rings. The summed E-state index contributed by atoms with van der Waals surface area (Å²) in [7, 11) is 0. The first kappa shape index (κ1) is 22.1. The van der Waals surface area contributed by atoms with Crippen molar-refractivity contribution in [2.24, 2.45) is 10.1 Å². The molecular weight excluding hydrogens is 442 g/mol. The topological polar surface area (TPSA) is 73.8 Å². The Labute approximate surface area is 203 Å². The number of amidine groups is 2. The van der Waals surface area contributed by atoms with Gasteiger partial charge in [0.25, 0.3) is 5.91 Å². The van der Waals surface area contributed by atoms with Gasteiger partial charge in [-0.3, -0.25) is 10.2 Å². The van der Waals surface area contributed by atoms with E-state index in [0.29, 0.717) is 5.17 Å². The van der Waals surface area contributed by atoms with Crippen LogP contribution in [0, 0.1) is 40.0 Å². The number of carbonyl (C=O) groups is 1. The normalized spacial score (nSPS) is 16.7. The second-order valence-corrected chi connectivity index (χ2v) is 9.63. The van der Waals surface area contributed by atoms with E-state index in [-0.39, 0.29) is 11.4 Å². The first-order valence-electron chi connectivity index (χ1n) is 11.1. The quantitative estimate of drug-likeness (QED) is 0.503. The van der Waals surface area contributed by atoms with Crippen molar-refractivity contribution in [1.82, 2.24) is 9.58 Å². The molecule has 0 aliphatic carbocycles. The van der Waals surface area contributed by atoms with Crippen LogP contribution >= 0.6 is 11.8 Å². The standard InChI is InChI=1S/C27H25N5OS/c1-15-10-11-21(12-17(15)3)31-18(4)13-20(19(31)5)14-23-24(28)32-27(29-25(23)33)34-26(30-32)22-9-7-6-8-16(22)2/h6-14,28H,1-5H3/b23-14+,28-24?. The Balaban J connectivity index is 1.52. The van der Waals surface area contributed by atoms with Crippen LogP contribution in [-0.4, -0.2) is 31.5 Å². The molecule has 0 saturated carbocycles. The van der Waals surface area contributed by atoms with E-state index >= 15 is 0 Å². The summed E-state index contributed by atoms with van der Waals surface area (Å²) < 4.78 is 2.17. The highest BCUT2D eigenvalue weighted by Gasteiger charge is 2.36. The monoisotopic (exact) mass is 467 g/mol. The molecular formula is C27H25N5OS. The molecule has 0 spiro atoms. The fourth-order valence-electron chi connectivity index (χ4n) is 4.27. The number of hydrogen-bond acceptors (Lipinski definition) is 4. The summed E-state index contributed by atoms with van der Waals surface area (Å²) >= 11 is 1.32. The van der Waals surface area contributed by atoms with Gasteiger partial charge in [-0.05, 0) is 92.9 Å². The number of aryl methyl sites for hydroxylation is 4. The highest BCUT2D eigenvalue weighted by molar-refractivity contribution is 8.27. The van der Waals surface area contributed by atoms with E-state index in [4.69, 9.17) is 5.41 Å². The predicted molar refractivity (Wildman–Crippen MR) is 140 cm³/mol. The summed E-state index contributed by atoms with van der Waals surface area (Å²) in [6.45, 7) is 10.3. The fourth-order valence-corrected chi connectivity index (χ4v) is 5.25. The van der Waals surface area contributed by atoms with E-state index in [9.17, 15) is 4.79 Å². The molecule has 170 valence electrons. The van der Waals surface area contributed by atoms with Gasteiger partial charge in [-0.25, -0.2) is 0 Å². The fraction of sp³-hybridized carbons (Fsp3) is 0.185. The van der Waals surface area contributed by atoms with Crippen molar-refractivity contribution < 1.29 is 4.79 Å². The zero-order valence-electron chi connectivity index (χ0n) is 19.8. The largest absolute Gasteiger partial charge is 0.318 e. The van der Waals surface area contributed by atoms with Crippen LogP contribution < -0.4 is 0 Å². The summed E-state index contributed by atoms with van der Waals surface area (Å²) in [5.74, 6) is -0.372. The number of hydrazone groups is 1. The number of nitrogens with zero attached hydrogens (tertiary/aromatic N) is 4. The van der Waals surface area contributed by atoms with Gasteiger partial charge in [0.1, 0.15) is 5.04 Å². The molecule has 0 unspecified atom stereocenters. The number of carbonyl (C=O) groups excluding carboxylic acids is 1. The van der Waals surface area contributed by atoms with Crippen molar-refractivity contribution in [3.05, 3.63) is 93.3 Å². The van der Waals surface area contributed by atoms with Gasteiger partial charge < -0.3 is 4.57 Å². The third-order valence-corrected chi connectivity index (χ3v) is 7.29. The van der Waals surface area contributed by atoms with Crippen molar-refractivity contribution in [1.29, 1.82) is 5.41 Å². The van der Waals surface area contributed by atoms with Gasteiger partial charge >= 0.3 is 0 Å². The molecule has 7 heteroatoms. The minimum Gasteiger partial charge on any atom is -0.318 e. The van der Waals surface area contributed by atoms with E-state index in [1.54, 1.807) is 6.08 Å². The van der Waals surface area contributed by atoms with Crippen molar-refractivity contribution >= 4 is 39.8 Å². The number of aliphatic imine (C=N–C) groups is 1. The number of amides is 1. The highest BCUT2D eigenvalue weighted by atomic mass is 32.2. The molecule has 0 saturated heterocycles. The Morgan fingerprint density at radius 2 is 1.71 bits per heavy atom. The highest BCUT2D eigenvalue weighted by Crippen LogP contribution is 2.32. The zero-order chi connectivity index (χ0) is 24.1. The van der Waals surface area contributed by atoms with Crippen LogP contribution in [0.3, 0.4) is 0 Å². The van der Waals surface area contributed by atoms with Crippen molar-refractivity contribution in [2.45, 2.75) is 34.6 Å². The molecule has 34 heavy (non-hydrogen) atoms. The molecule has 1 amide bonds. The lowest BCUT2D eigenvalue weighted by Crippen LogP contribution is -2.35. The van der Waals surface area contributed by atoms with E-state index in [1.165, 1.54) is 27.9 Å². The van der Waals surface area contributed by atoms with Gasteiger partial charge in [-0.1, -0.05) is 30.3 Å². The number of nitrogens with one attached hydrogen (secondary N) is 1. The molecule has 0 atom stereocenters. The van der Waals surface area contributed by atoms with Crippen LogP contribution in [0.4, 0.5) is 0 Å². The van der Waals surface area contributed by atoms with Crippen LogP contribution in [0.25, 0.3) is 11.8 Å². The Bertz CT molecular complexity index is 1470. The summed E-state index contributed by atoms with van der Waals surface area (Å²) in [6, 6.07) is 16.4. The lowest BCUT2D eigenvalue weighted by molar-refractivity contribution is -0.114. The van der Waals surface area contributed by atoms with E-state index < -0.39 is 5.91 Å². The van der Waals surface area contributed by atoms with Gasteiger partial charge in [0.15, 0.2) is 5.84 Å². The molecule has 2 aliphatic rings. The summed E-state index contributed by atoms with van der Waals surface area (Å²) in [4.78, 5) is 17.2. The van der Waals surface area contributed by atoms with E-state index in [2.05, 4.69) is 46.7 Å². The van der Waals surface area contributed by atoms with Crippen LogP contribution in [0.1, 0.15) is 39.2 Å². The molecule has 2 aliphatic heterocycles. The Hall–Kier alpha value is -3.71. The number of thioether (sulfide) groups is 1. The van der Waals surface area contributed by atoms with Crippen molar-refractivity contribution in [3.63, 3.8) is 0 Å². The summed E-state index contributed by atoms with van der Waals surface area (Å²) in [5, 5.41) is 16.0. The Kier molecular flexibility index (Phi) is 5.37. The van der Waals surface area contributed by atoms with Crippen LogP contribution in [-0.2, 0) is 4.79 Å². The molecule has 0 radical (unpaired) electrons. The average Bonchev–Trinajstić information content (AvgIpc) is 3.34. The minimum absolute atomic E-state index is 0.0436. The van der Waals surface area contributed by atoms with Gasteiger partial charge in [0.05, 0.1) is 5.57 Å². The van der Waals surface area contributed by atoms with E-state index in [0.717, 1.165) is 38.8 Å². The Morgan fingerprint density at radius 1 is 0.941 bits per heavy atom. The number of fused-ring (bicyclic) bond motifs is 1. The van der Waals surface area contributed by atoms with E-state index in [1.807, 2.05) is 51.1 Å². The average molecular weight is 468 g/mol.